The zero-order valence-electron chi connectivity index (χ0n) is 16.3. The molecular formula is C21H25ClN2O4. The van der Waals surface area contributed by atoms with Gasteiger partial charge < -0.3 is 19.5 Å². The van der Waals surface area contributed by atoms with Crippen LogP contribution in [0.2, 0.25) is 5.02 Å². The van der Waals surface area contributed by atoms with Gasteiger partial charge in [0.15, 0.2) is 0 Å². The minimum absolute atomic E-state index is 0.0828. The van der Waals surface area contributed by atoms with E-state index in [1.807, 2.05) is 18.2 Å². The lowest BCUT2D eigenvalue weighted by atomic mass is 10.0. The quantitative estimate of drug-likeness (QED) is 0.751. The van der Waals surface area contributed by atoms with Gasteiger partial charge >= 0.3 is 0 Å². The van der Waals surface area contributed by atoms with E-state index in [9.17, 15) is 4.79 Å². The van der Waals surface area contributed by atoms with Crippen LogP contribution in [0.25, 0.3) is 0 Å². The van der Waals surface area contributed by atoms with Crippen molar-refractivity contribution in [3.05, 3.63) is 47.0 Å². The number of amides is 1. The van der Waals surface area contributed by atoms with E-state index in [-0.39, 0.29) is 11.9 Å². The zero-order valence-corrected chi connectivity index (χ0v) is 17.1. The molecule has 1 fully saturated rings. The van der Waals surface area contributed by atoms with Gasteiger partial charge in [-0.2, -0.15) is 0 Å². The summed E-state index contributed by atoms with van der Waals surface area (Å²) in [5.74, 6) is 2.02. The number of hydrogen-bond acceptors (Lipinski definition) is 5. The lowest BCUT2D eigenvalue weighted by Crippen LogP contribution is -2.33. The predicted octanol–water partition coefficient (Wildman–Crippen LogP) is 4.14. The van der Waals surface area contributed by atoms with Crippen LogP contribution in [0.3, 0.4) is 0 Å². The van der Waals surface area contributed by atoms with E-state index >= 15 is 0 Å². The molecule has 7 heteroatoms. The molecule has 1 atom stereocenters. The number of ether oxygens (including phenoxy) is 3. The fraction of sp³-hybridized carbons (Fsp3) is 0.381. The van der Waals surface area contributed by atoms with E-state index in [4.69, 9.17) is 25.8 Å². The number of anilines is 1. The van der Waals surface area contributed by atoms with E-state index in [1.54, 1.807) is 39.5 Å². The number of hydrogen-bond donors (Lipinski definition) is 1. The standard InChI is InChI=1S/C21H25ClN2O4/c1-26-15-7-8-16(20(12-15)28-3)18-5-4-10-24(18)13-21(25)23-14-6-9-19(27-2)17(22)11-14/h6-9,11-12,18H,4-5,10,13H2,1-3H3,(H,23,25)/t18-/m0/s1. The largest absolute Gasteiger partial charge is 0.497 e. The van der Waals surface area contributed by atoms with Crippen molar-refractivity contribution in [1.82, 2.24) is 4.90 Å². The first-order valence-electron chi connectivity index (χ1n) is 9.15. The van der Waals surface area contributed by atoms with E-state index in [0.717, 1.165) is 36.4 Å². The Hall–Kier alpha value is -2.44. The van der Waals surface area contributed by atoms with E-state index in [0.29, 0.717) is 23.0 Å². The summed E-state index contributed by atoms with van der Waals surface area (Å²) in [5, 5.41) is 3.37. The SMILES string of the molecule is COc1ccc([C@@H]2CCCN2CC(=O)Nc2ccc(OC)c(Cl)c2)c(OC)c1. The third-order valence-electron chi connectivity index (χ3n) is 4.95. The maximum Gasteiger partial charge on any atom is 0.238 e. The first-order chi connectivity index (χ1) is 13.5. The molecule has 150 valence electrons. The average molecular weight is 405 g/mol. The zero-order chi connectivity index (χ0) is 20.1. The predicted molar refractivity (Wildman–Crippen MR) is 110 cm³/mol. The van der Waals surface area contributed by atoms with Gasteiger partial charge in [0.1, 0.15) is 17.2 Å². The second kappa shape index (κ2) is 9.17. The molecule has 0 aromatic heterocycles. The Kier molecular flexibility index (Phi) is 6.65. The molecule has 0 bridgehead atoms. The summed E-state index contributed by atoms with van der Waals surface area (Å²) in [6, 6.07) is 11.1. The molecule has 0 spiro atoms. The number of likely N-dealkylation sites (tertiary alicyclic amines) is 1. The summed E-state index contributed by atoms with van der Waals surface area (Å²) < 4.78 is 16.0. The van der Waals surface area contributed by atoms with Crippen molar-refractivity contribution in [2.24, 2.45) is 0 Å². The van der Waals surface area contributed by atoms with Gasteiger partial charge in [0.05, 0.1) is 32.9 Å². The molecular weight excluding hydrogens is 380 g/mol. The Morgan fingerprint density at radius 3 is 2.57 bits per heavy atom. The van der Waals surface area contributed by atoms with E-state index in [2.05, 4.69) is 10.2 Å². The van der Waals surface area contributed by atoms with Crippen molar-refractivity contribution in [2.45, 2.75) is 18.9 Å². The Balaban J connectivity index is 1.70. The minimum atomic E-state index is -0.0828. The number of halogens is 1. The fourth-order valence-electron chi connectivity index (χ4n) is 3.59. The van der Waals surface area contributed by atoms with Crippen LogP contribution in [0.4, 0.5) is 5.69 Å². The fourth-order valence-corrected chi connectivity index (χ4v) is 3.85. The van der Waals surface area contributed by atoms with Crippen LogP contribution in [0.1, 0.15) is 24.4 Å². The number of carbonyl (C=O) groups excluding carboxylic acids is 1. The maximum atomic E-state index is 12.6. The van der Waals surface area contributed by atoms with Crippen LogP contribution in [-0.2, 0) is 4.79 Å². The molecule has 2 aromatic rings. The normalized spacial score (nSPS) is 16.6. The molecule has 0 saturated carbocycles. The second-order valence-corrected chi connectivity index (χ2v) is 7.04. The van der Waals surface area contributed by atoms with Crippen molar-refractivity contribution in [3.63, 3.8) is 0 Å². The summed E-state index contributed by atoms with van der Waals surface area (Å²) in [6.07, 6.45) is 2.01. The summed E-state index contributed by atoms with van der Waals surface area (Å²) >= 11 is 6.13. The highest BCUT2D eigenvalue weighted by Crippen LogP contribution is 2.38. The molecule has 1 N–H and O–H groups in total. The van der Waals surface area contributed by atoms with E-state index in [1.165, 1.54) is 0 Å². The van der Waals surface area contributed by atoms with Crippen molar-refractivity contribution >= 4 is 23.2 Å². The van der Waals surface area contributed by atoms with Gasteiger partial charge in [-0.15, -0.1) is 0 Å². The number of carbonyl (C=O) groups is 1. The van der Waals surface area contributed by atoms with Gasteiger partial charge in [-0.05, 0) is 43.7 Å². The lowest BCUT2D eigenvalue weighted by molar-refractivity contribution is -0.117. The Morgan fingerprint density at radius 1 is 1.11 bits per heavy atom. The smallest absolute Gasteiger partial charge is 0.238 e. The molecule has 0 radical (unpaired) electrons. The third-order valence-corrected chi connectivity index (χ3v) is 5.24. The summed E-state index contributed by atoms with van der Waals surface area (Å²) in [4.78, 5) is 14.8. The van der Waals surface area contributed by atoms with Crippen LogP contribution in [0, 0.1) is 0 Å². The first kappa shape index (κ1) is 20.3. The van der Waals surface area contributed by atoms with Crippen LogP contribution < -0.4 is 19.5 Å². The van der Waals surface area contributed by atoms with Crippen molar-refractivity contribution in [3.8, 4) is 17.2 Å². The molecule has 1 saturated heterocycles. The summed E-state index contributed by atoms with van der Waals surface area (Å²) in [6.45, 7) is 1.15. The summed E-state index contributed by atoms with van der Waals surface area (Å²) in [5.41, 5.74) is 1.72. The number of methoxy groups -OCH3 is 3. The first-order valence-corrected chi connectivity index (χ1v) is 9.53. The highest BCUT2D eigenvalue weighted by atomic mass is 35.5. The molecule has 6 nitrogen and oxygen atoms in total. The monoisotopic (exact) mass is 404 g/mol. The third kappa shape index (κ3) is 4.51. The van der Waals surface area contributed by atoms with Gasteiger partial charge in [0, 0.05) is 23.4 Å². The molecule has 0 aliphatic carbocycles. The van der Waals surface area contributed by atoms with Gasteiger partial charge in [0.25, 0.3) is 0 Å². The molecule has 3 rings (SSSR count). The highest BCUT2D eigenvalue weighted by Gasteiger charge is 2.30. The van der Waals surface area contributed by atoms with Crippen LogP contribution in [0.15, 0.2) is 36.4 Å². The highest BCUT2D eigenvalue weighted by molar-refractivity contribution is 6.32. The van der Waals surface area contributed by atoms with Crippen LogP contribution >= 0.6 is 11.6 Å². The topological polar surface area (TPSA) is 60.0 Å². The van der Waals surface area contributed by atoms with Gasteiger partial charge in [-0.3, -0.25) is 9.69 Å². The second-order valence-electron chi connectivity index (χ2n) is 6.63. The molecule has 28 heavy (non-hydrogen) atoms. The summed E-state index contributed by atoms with van der Waals surface area (Å²) in [7, 11) is 4.84. The molecule has 1 aliphatic heterocycles. The number of benzene rings is 2. The average Bonchev–Trinajstić information content (AvgIpc) is 3.15. The van der Waals surface area contributed by atoms with E-state index < -0.39 is 0 Å². The number of nitrogens with one attached hydrogen (secondary N) is 1. The van der Waals surface area contributed by atoms with Gasteiger partial charge in [-0.25, -0.2) is 0 Å². The van der Waals surface area contributed by atoms with Crippen molar-refractivity contribution in [2.75, 3.05) is 39.7 Å². The Morgan fingerprint density at radius 2 is 1.89 bits per heavy atom. The molecule has 1 amide bonds. The molecule has 1 heterocycles. The number of rotatable bonds is 7. The number of nitrogens with zero attached hydrogens (tertiary/aromatic N) is 1. The van der Waals surface area contributed by atoms with Crippen LogP contribution in [0.5, 0.6) is 17.2 Å². The molecule has 0 unspecified atom stereocenters. The Bertz CT molecular complexity index is 843. The van der Waals surface area contributed by atoms with Crippen molar-refractivity contribution < 1.29 is 19.0 Å². The molecule has 2 aromatic carbocycles. The minimum Gasteiger partial charge on any atom is -0.497 e. The molecule has 1 aliphatic rings. The Labute approximate surface area is 170 Å². The maximum absolute atomic E-state index is 12.6. The van der Waals surface area contributed by atoms with Crippen LogP contribution in [-0.4, -0.2) is 45.2 Å². The van der Waals surface area contributed by atoms with Gasteiger partial charge in [0.2, 0.25) is 5.91 Å². The van der Waals surface area contributed by atoms with Crippen molar-refractivity contribution in [1.29, 1.82) is 0 Å². The lowest BCUT2D eigenvalue weighted by Gasteiger charge is -2.26. The van der Waals surface area contributed by atoms with Gasteiger partial charge in [-0.1, -0.05) is 17.7 Å².